The Morgan fingerprint density at radius 1 is 0.963 bits per heavy atom. The molecule has 4 saturated heterocycles. The number of piperidine rings is 2. The molecule has 4 bridgehead atoms. The predicted octanol–water partition coefficient (Wildman–Crippen LogP) is 1.12. The molecular formula is C17H20N4O6. The minimum absolute atomic E-state index is 0.167. The van der Waals surface area contributed by atoms with Crippen molar-refractivity contribution in [3.05, 3.63) is 44.0 Å². The largest absolute Gasteiger partial charge is 0.454 e. The quantitative estimate of drug-likeness (QED) is 0.570. The van der Waals surface area contributed by atoms with E-state index in [1.807, 2.05) is 28.0 Å². The molecule has 5 aliphatic rings. The summed E-state index contributed by atoms with van der Waals surface area (Å²) in [6.45, 7) is 4.31. The van der Waals surface area contributed by atoms with Gasteiger partial charge in [-0.2, -0.15) is 0 Å². The van der Waals surface area contributed by atoms with Gasteiger partial charge < -0.3 is 9.47 Å². The zero-order valence-corrected chi connectivity index (χ0v) is 15.1. The molecule has 1 aromatic carbocycles. The maximum absolute atomic E-state index is 12.1. The smallest absolute Gasteiger partial charge is 0.259 e. The second-order valence-corrected chi connectivity index (χ2v) is 8.50. The van der Waals surface area contributed by atoms with E-state index in [4.69, 9.17) is 9.47 Å². The van der Waals surface area contributed by atoms with Gasteiger partial charge in [0.2, 0.25) is 6.79 Å². The Balaban J connectivity index is 1.61. The zero-order chi connectivity index (χ0) is 19.2. The molecule has 5 aliphatic heterocycles. The molecule has 10 nitrogen and oxygen atoms in total. The third-order valence-electron chi connectivity index (χ3n) is 7.27. The first-order chi connectivity index (χ1) is 12.7. The number of fused-ring (bicyclic) bond motifs is 1. The first kappa shape index (κ1) is 16.7. The molecule has 0 aromatic heterocycles. The second kappa shape index (κ2) is 4.87. The Morgan fingerprint density at radius 2 is 1.48 bits per heavy atom. The average molecular weight is 376 g/mol. The van der Waals surface area contributed by atoms with Crippen molar-refractivity contribution < 1.29 is 19.3 Å². The van der Waals surface area contributed by atoms with Crippen molar-refractivity contribution in [2.24, 2.45) is 5.41 Å². The van der Waals surface area contributed by atoms with Crippen molar-refractivity contribution in [3.63, 3.8) is 0 Å². The van der Waals surface area contributed by atoms with Crippen molar-refractivity contribution in [1.29, 1.82) is 0 Å². The Hall–Kier alpha value is -2.46. The van der Waals surface area contributed by atoms with Crippen LogP contribution in [-0.2, 0) is 0 Å². The normalized spacial score (nSPS) is 40.1. The highest BCUT2D eigenvalue weighted by molar-refractivity contribution is 5.45. The van der Waals surface area contributed by atoms with Crippen LogP contribution < -0.4 is 9.47 Å². The van der Waals surface area contributed by atoms with Crippen LogP contribution in [-0.4, -0.2) is 63.7 Å². The van der Waals surface area contributed by atoms with E-state index in [9.17, 15) is 20.2 Å². The molecule has 144 valence electrons. The van der Waals surface area contributed by atoms with Crippen LogP contribution in [0.2, 0.25) is 0 Å². The van der Waals surface area contributed by atoms with E-state index in [1.54, 1.807) is 13.8 Å². The highest BCUT2D eigenvalue weighted by atomic mass is 16.7. The van der Waals surface area contributed by atoms with Crippen molar-refractivity contribution in [2.45, 2.75) is 31.1 Å². The topological polar surface area (TPSA) is 111 Å². The molecule has 5 heterocycles. The summed E-state index contributed by atoms with van der Waals surface area (Å²) in [5.41, 5.74) is -2.89. The molecule has 0 radical (unpaired) electrons. The monoisotopic (exact) mass is 376 g/mol. The summed E-state index contributed by atoms with van der Waals surface area (Å²) in [4.78, 5) is 27.4. The summed E-state index contributed by atoms with van der Waals surface area (Å²) in [5, 5.41) is 24.2. The number of nitro groups is 2. The molecule has 0 aliphatic carbocycles. The van der Waals surface area contributed by atoms with Gasteiger partial charge >= 0.3 is 0 Å². The van der Waals surface area contributed by atoms with Gasteiger partial charge in [0.25, 0.3) is 11.1 Å². The molecule has 27 heavy (non-hydrogen) atoms. The minimum Gasteiger partial charge on any atom is -0.454 e. The summed E-state index contributed by atoms with van der Waals surface area (Å²) in [5.74, 6) is 1.30. The van der Waals surface area contributed by atoms with E-state index >= 15 is 0 Å². The number of benzene rings is 1. The van der Waals surface area contributed by atoms with Gasteiger partial charge in [-0.25, -0.2) is 0 Å². The average Bonchev–Trinajstić information content (AvgIpc) is 3.05. The highest BCUT2D eigenvalue weighted by Gasteiger charge is 2.81. The summed E-state index contributed by atoms with van der Waals surface area (Å²) in [6.07, 6.45) is -0.239. The van der Waals surface area contributed by atoms with Crippen molar-refractivity contribution >= 4 is 0 Å². The van der Waals surface area contributed by atoms with Crippen LogP contribution in [0.15, 0.2) is 18.2 Å². The standard InChI is InChI=1S/C17H20N4O6/c1-15(2)16(20(22)23)6-18-8-17(15,21(24)25)9-19(7-16)14(18)11-3-4-12-13(5-11)27-10-26-12/h3-5,14H,6-10H2,1-2H3. The maximum Gasteiger partial charge on any atom is 0.259 e. The van der Waals surface area contributed by atoms with Crippen LogP contribution in [0, 0.1) is 25.6 Å². The summed E-state index contributed by atoms with van der Waals surface area (Å²) in [6, 6.07) is 5.60. The number of rotatable bonds is 3. The highest BCUT2D eigenvalue weighted by Crippen LogP contribution is 2.58. The van der Waals surface area contributed by atoms with E-state index in [-0.39, 0.29) is 49.0 Å². The van der Waals surface area contributed by atoms with Crippen LogP contribution in [0.5, 0.6) is 11.5 Å². The first-order valence-electron chi connectivity index (χ1n) is 8.89. The van der Waals surface area contributed by atoms with Crippen LogP contribution >= 0.6 is 0 Å². The molecule has 0 atom stereocenters. The van der Waals surface area contributed by atoms with Gasteiger partial charge in [0, 0.05) is 9.85 Å². The van der Waals surface area contributed by atoms with E-state index < -0.39 is 16.5 Å². The lowest BCUT2D eigenvalue weighted by molar-refractivity contribution is -0.679. The molecule has 0 saturated carbocycles. The Bertz CT molecular complexity index is 819. The molecule has 0 spiro atoms. The fourth-order valence-corrected chi connectivity index (χ4v) is 5.54. The molecule has 0 amide bonds. The van der Waals surface area contributed by atoms with Gasteiger partial charge in [-0.05, 0) is 31.5 Å². The maximum atomic E-state index is 12.1. The van der Waals surface area contributed by atoms with Crippen LogP contribution in [0.25, 0.3) is 0 Å². The minimum atomic E-state index is -1.37. The first-order valence-corrected chi connectivity index (χ1v) is 8.89. The molecule has 10 heteroatoms. The van der Waals surface area contributed by atoms with Crippen molar-refractivity contribution in [3.8, 4) is 11.5 Å². The summed E-state index contributed by atoms with van der Waals surface area (Å²) >= 11 is 0. The van der Waals surface area contributed by atoms with Gasteiger partial charge in [-0.3, -0.25) is 30.0 Å². The van der Waals surface area contributed by atoms with E-state index in [0.29, 0.717) is 11.5 Å². The Morgan fingerprint density at radius 3 is 2.00 bits per heavy atom. The Labute approximate surface area is 154 Å². The third-order valence-corrected chi connectivity index (χ3v) is 7.27. The van der Waals surface area contributed by atoms with Gasteiger partial charge in [0.05, 0.1) is 32.3 Å². The summed E-state index contributed by atoms with van der Waals surface area (Å²) < 4.78 is 10.8. The second-order valence-electron chi connectivity index (χ2n) is 8.50. The zero-order valence-electron chi connectivity index (χ0n) is 15.1. The molecule has 6 rings (SSSR count). The number of hydrogen-bond acceptors (Lipinski definition) is 8. The molecule has 4 fully saturated rings. The number of nitrogens with zero attached hydrogens (tertiary/aromatic N) is 4. The van der Waals surface area contributed by atoms with Gasteiger partial charge in [0.15, 0.2) is 11.5 Å². The lowest BCUT2D eigenvalue weighted by Gasteiger charge is -2.65. The number of ether oxygens (including phenoxy) is 2. The van der Waals surface area contributed by atoms with Gasteiger partial charge in [-0.1, -0.05) is 6.07 Å². The molecular weight excluding hydrogens is 356 g/mol. The predicted molar refractivity (Wildman–Crippen MR) is 91.7 cm³/mol. The lowest BCUT2D eigenvalue weighted by Crippen LogP contribution is -2.88. The van der Waals surface area contributed by atoms with Gasteiger partial charge in [-0.15, -0.1) is 0 Å². The summed E-state index contributed by atoms with van der Waals surface area (Å²) in [7, 11) is 0. The van der Waals surface area contributed by atoms with E-state index in [2.05, 4.69) is 0 Å². The fraction of sp³-hybridized carbons (Fsp3) is 0.647. The van der Waals surface area contributed by atoms with E-state index in [0.717, 1.165) is 5.56 Å². The van der Waals surface area contributed by atoms with Crippen LogP contribution in [0.3, 0.4) is 0 Å². The van der Waals surface area contributed by atoms with Crippen LogP contribution in [0.1, 0.15) is 25.6 Å². The van der Waals surface area contributed by atoms with Crippen molar-refractivity contribution in [2.75, 3.05) is 33.0 Å². The van der Waals surface area contributed by atoms with Crippen molar-refractivity contribution in [1.82, 2.24) is 9.80 Å². The Kier molecular flexibility index (Phi) is 3.01. The molecule has 0 unspecified atom stereocenters. The molecule has 1 aromatic rings. The third kappa shape index (κ3) is 1.77. The molecule has 0 N–H and O–H groups in total. The van der Waals surface area contributed by atoms with Gasteiger partial charge in [0.1, 0.15) is 5.41 Å². The number of hydrogen-bond donors (Lipinski definition) is 0. The van der Waals surface area contributed by atoms with Crippen LogP contribution in [0.4, 0.5) is 0 Å². The van der Waals surface area contributed by atoms with E-state index in [1.165, 1.54) is 0 Å². The fourth-order valence-electron chi connectivity index (χ4n) is 5.54. The SMILES string of the molecule is CC1(C)C2([N+](=O)[O-])CN3CC1([N+](=O)[O-])CN(C2)C3c1ccc2c(c1)OCO2. The lowest BCUT2D eigenvalue weighted by atomic mass is 9.53.